The van der Waals surface area contributed by atoms with Crippen LogP contribution in [-0.4, -0.2) is 9.78 Å². The van der Waals surface area contributed by atoms with Gasteiger partial charge in [-0.1, -0.05) is 12.2 Å². The monoisotopic (exact) mass is 210 g/mol. The standard InChI is InChI=1S/C11H12F2N2/c1-9(4-3-5-11(13)6-12)10-7-14-15(2)8-10/h3-8H,1-2H3/b5-3-,9-4+,11-6-. The van der Waals surface area contributed by atoms with E-state index < -0.39 is 5.83 Å². The number of aryl methyl sites for hydroxylation is 1. The van der Waals surface area contributed by atoms with Crippen LogP contribution in [0.15, 0.2) is 42.8 Å². The van der Waals surface area contributed by atoms with Crippen molar-refractivity contribution in [3.05, 3.63) is 48.3 Å². The van der Waals surface area contributed by atoms with Crippen molar-refractivity contribution in [1.29, 1.82) is 0 Å². The first kappa shape index (κ1) is 11.4. The number of hydrogen-bond donors (Lipinski definition) is 0. The molecule has 0 spiro atoms. The minimum absolute atomic E-state index is 0.0796. The molecule has 80 valence electrons. The Balaban J connectivity index is 2.73. The van der Waals surface area contributed by atoms with E-state index in [4.69, 9.17) is 0 Å². The Labute approximate surface area is 87.2 Å². The van der Waals surface area contributed by atoms with Gasteiger partial charge in [0, 0.05) is 18.8 Å². The highest BCUT2D eigenvalue weighted by atomic mass is 19.2. The molecule has 0 unspecified atom stereocenters. The number of hydrogen-bond acceptors (Lipinski definition) is 1. The van der Waals surface area contributed by atoms with Crippen molar-refractivity contribution < 1.29 is 8.78 Å². The van der Waals surface area contributed by atoms with Gasteiger partial charge in [0.15, 0.2) is 5.83 Å². The average Bonchev–Trinajstić information content (AvgIpc) is 2.64. The smallest absolute Gasteiger partial charge is 0.151 e. The second kappa shape index (κ2) is 5.24. The van der Waals surface area contributed by atoms with Crippen LogP contribution in [0, 0.1) is 0 Å². The first-order valence-corrected chi connectivity index (χ1v) is 4.43. The van der Waals surface area contributed by atoms with E-state index in [1.54, 1.807) is 17.0 Å². The summed E-state index contributed by atoms with van der Waals surface area (Å²) in [4.78, 5) is 0. The van der Waals surface area contributed by atoms with E-state index in [9.17, 15) is 8.78 Å². The summed E-state index contributed by atoms with van der Waals surface area (Å²) in [7, 11) is 1.82. The van der Waals surface area contributed by atoms with Crippen molar-refractivity contribution in [2.45, 2.75) is 6.92 Å². The van der Waals surface area contributed by atoms with Gasteiger partial charge in [-0.2, -0.15) is 5.10 Å². The summed E-state index contributed by atoms with van der Waals surface area (Å²) in [5.41, 5.74) is 1.89. The van der Waals surface area contributed by atoms with Crippen LogP contribution in [0.1, 0.15) is 12.5 Å². The van der Waals surface area contributed by atoms with E-state index in [2.05, 4.69) is 5.10 Å². The molecule has 0 N–H and O–H groups in total. The summed E-state index contributed by atoms with van der Waals surface area (Å²) in [6.07, 6.45) is 7.68. The molecule has 0 radical (unpaired) electrons. The Bertz CT molecular complexity index is 414. The predicted molar refractivity (Wildman–Crippen MR) is 56.3 cm³/mol. The lowest BCUT2D eigenvalue weighted by molar-refractivity contribution is 0.606. The van der Waals surface area contributed by atoms with Crippen molar-refractivity contribution in [2.24, 2.45) is 7.05 Å². The Morgan fingerprint density at radius 3 is 2.80 bits per heavy atom. The fraction of sp³-hybridized carbons (Fsp3) is 0.182. The molecule has 0 fully saturated rings. The van der Waals surface area contributed by atoms with E-state index in [0.29, 0.717) is 0 Å². The van der Waals surface area contributed by atoms with Crippen molar-refractivity contribution in [2.75, 3.05) is 0 Å². The van der Waals surface area contributed by atoms with E-state index in [0.717, 1.165) is 17.2 Å². The van der Waals surface area contributed by atoms with Gasteiger partial charge in [0.2, 0.25) is 0 Å². The highest BCUT2D eigenvalue weighted by molar-refractivity contribution is 5.64. The molecule has 0 bridgehead atoms. The average molecular weight is 210 g/mol. The zero-order chi connectivity index (χ0) is 11.3. The highest BCUT2D eigenvalue weighted by Crippen LogP contribution is 2.12. The molecule has 0 saturated heterocycles. The summed E-state index contributed by atoms with van der Waals surface area (Å²) in [5, 5.41) is 4.00. The topological polar surface area (TPSA) is 17.8 Å². The molecular formula is C11H12F2N2. The summed E-state index contributed by atoms with van der Waals surface area (Å²) in [6.45, 7) is 1.87. The van der Waals surface area contributed by atoms with E-state index in [-0.39, 0.29) is 6.33 Å². The van der Waals surface area contributed by atoms with Crippen LogP contribution in [0.2, 0.25) is 0 Å². The lowest BCUT2D eigenvalue weighted by Gasteiger charge is -1.92. The van der Waals surface area contributed by atoms with Crippen LogP contribution in [0.4, 0.5) is 8.78 Å². The highest BCUT2D eigenvalue weighted by Gasteiger charge is 1.96. The van der Waals surface area contributed by atoms with Gasteiger partial charge >= 0.3 is 0 Å². The lowest BCUT2D eigenvalue weighted by atomic mass is 10.1. The molecule has 2 nitrogen and oxygen atoms in total. The molecule has 0 aliphatic heterocycles. The van der Waals surface area contributed by atoms with Crippen LogP contribution in [0.5, 0.6) is 0 Å². The first-order valence-electron chi connectivity index (χ1n) is 4.43. The fourth-order valence-electron chi connectivity index (χ4n) is 1.04. The summed E-state index contributed by atoms with van der Waals surface area (Å²) in [6, 6.07) is 0. The van der Waals surface area contributed by atoms with Crippen molar-refractivity contribution in [3.8, 4) is 0 Å². The van der Waals surface area contributed by atoms with E-state index in [1.807, 2.05) is 20.2 Å². The molecule has 1 rings (SSSR count). The molecular weight excluding hydrogens is 198 g/mol. The Kier molecular flexibility index (Phi) is 3.97. The van der Waals surface area contributed by atoms with Gasteiger partial charge in [-0.25, -0.2) is 8.78 Å². The third-order valence-electron chi connectivity index (χ3n) is 1.87. The molecule has 4 heteroatoms. The zero-order valence-corrected chi connectivity index (χ0v) is 8.61. The number of halogens is 2. The Morgan fingerprint density at radius 2 is 2.27 bits per heavy atom. The predicted octanol–water partition coefficient (Wildman–Crippen LogP) is 3.16. The second-order valence-corrected chi connectivity index (χ2v) is 3.11. The van der Waals surface area contributed by atoms with Crippen LogP contribution in [0.3, 0.4) is 0 Å². The van der Waals surface area contributed by atoms with Crippen molar-refractivity contribution in [3.63, 3.8) is 0 Å². The van der Waals surface area contributed by atoms with Gasteiger partial charge in [-0.15, -0.1) is 0 Å². The SMILES string of the molecule is C\C(=C/C=C\C(F)=C\F)c1cnn(C)c1. The third kappa shape index (κ3) is 3.50. The molecule has 0 aromatic carbocycles. The number of rotatable bonds is 3. The number of aromatic nitrogens is 2. The molecule has 1 aromatic heterocycles. The maximum absolute atomic E-state index is 12.3. The third-order valence-corrected chi connectivity index (χ3v) is 1.87. The normalized spacial score (nSPS) is 13.9. The molecule has 0 atom stereocenters. The van der Waals surface area contributed by atoms with Crippen LogP contribution in [0.25, 0.3) is 5.57 Å². The summed E-state index contributed by atoms with van der Waals surface area (Å²) in [5.74, 6) is -0.898. The van der Waals surface area contributed by atoms with Gasteiger partial charge in [0.25, 0.3) is 0 Å². The molecule has 0 aliphatic rings. The second-order valence-electron chi connectivity index (χ2n) is 3.11. The van der Waals surface area contributed by atoms with Gasteiger partial charge in [0.1, 0.15) is 6.33 Å². The molecule has 0 amide bonds. The lowest BCUT2D eigenvalue weighted by Crippen LogP contribution is -1.84. The molecule has 0 aliphatic carbocycles. The molecule has 0 saturated carbocycles. The van der Waals surface area contributed by atoms with Gasteiger partial charge < -0.3 is 0 Å². The van der Waals surface area contributed by atoms with Crippen LogP contribution < -0.4 is 0 Å². The molecule has 15 heavy (non-hydrogen) atoms. The fourth-order valence-corrected chi connectivity index (χ4v) is 1.04. The maximum atomic E-state index is 12.3. The van der Waals surface area contributed by atoms with Gasteiger partial charge in [-0.05, 0) is 18.6 Å². The van der Waals surface area contributed by atoms with Gasteiger partial charge in [-0.3, -0.25) is 4.68 Å². The molecule has 1 heterocycles. The van der Waals surface area contributed by atoms with Gasteiger partial charge in [0.05, 0.1) is 6.20 Å². The zero-order valence-electron chi connectivity index (χ0n) is 8.61. The van der Waals surface area contributed by atoms with E-state index >= 15 is 0 Å². The number of allylic oxidation sites excluding steroid dienone is 5. The summed E-state index contributed by atoms with van der Waals surface area (Å²) < 4.78 is 25.6. The first-order chi connectivity index (χ1) is 7.13. The van der Waals surface area contributed by atoms with Crippen molar-refractivity contribution >= 4 is 5.57 Å². The summed E-state index contributed by atoms with van der Waals surface area (Å²) >= 11 is 0. The van der Waals surface area contributed by atoms with Crippen molar-refractivity contribution in [1.82, 2.24) is 9.78 Å². The van der Waals surface area contributed by atoms with Crippen LogP contribution >= 0.6 is 0 Å². The minimum atomic E-state index is -0.898. The molecule has 1 aromatic rings. The quantitative estimate of drug-likeness (QED) is 0.701. The Morgan fingerprint density at radius 1 is 1.53 bits per heavy atom. The van der Waals surface area contributed by atoms with E-state index in [1.165, 1.54) is 6.08 Å². The minimum Gasteiger partial charge on any atom is -0.275 e. The maximum Gasteiger partial charge on any atom is 0.151 e. The number of nitrogens with zero attached hydrogens (tertiary/aromatic N) is 2. The van der Waals surface area contributed by atoms with Crippen LogP contribution in [-0.2, 0) is 7.05 Å². The Hall–Kier alpha value is -1.71. The largest absolute Gasteiger partial charge is 0.275 e.